The van der Waals surface area contributed by atoms with E-state index in [4.69, 9.17) is 4.74 Å². The standard InChI is InChI=1S/C17H32.C14H26.C13H24N2O2.C13H25N.2C12H22.4C2H6.CH4/c1-13(2)15-5-9-17(10-6-15)11-7-16(8-12-17)14(3)4;1-9(2)11-5-13-7-12(10(3)4)8-14(13)6-11;1-10(2)14-7-5-13(6-8-14)9-15(11(3)4)12(16)17-13;1-9(2)11-7-12-5-6-13(8-11)14(12)10(3)4;1-7(2)9-5-10-11(6-9)12(10)8(3)4;1-9(2)11-5-7-12(8-6-11)10(3)4;4*1-2;/h13-16H,5-12H2,1-4H3;9-14H,5-8H2,1-4H3;10-11H,5-9H2,1-4H3;9-13H,5-8H2,1-4H3;7-12H,5-6H2,1-4H3;5,7,9-12H,6,8H2,1-4H3;4*1-2H3;1H4. The van der Waals surface area contributed by atoms with Crippen molar-refractivity contribution in [2.45, 2.75) is 406 Å². The number of carbonyl (C=O) groups is 1. The first kappa shape index (κ1) is 91.9. The van der Waals surface area contributed by atoms with Gasteiger partial charge in [0.15, 0.2) is 0 Å². The number of hydrogen-bond acceptors (Lipinski definition) is 4. The van der Waals surface area contributed by atoms with Crippen molar-refractivity contribution in [3.63, 3.8) is 0 Å². The van der Waals surface area contributed by atoms with Crippen LogP contribution < -0.4 is 0 Å². The normalized spacial score (nSPS) is 33.2. The van der Waals surface area contributed by atoms with Crippen LogP contribution in [0.1, 0.15) is 370 Å². The van der Waals surface area contributed by atoms with Crippen LogP contribution >= 0.6 is 0 Å². The van der Waals surface area contributed by atoms with Crippen LogP contribution in [0, 0.1) is 136 Å². The summed E-state index contributed by atoms with van der Waals surface area (Å²) in [5.41, 5.74) is 0.587. The van der Waals surface area contributed by atoms with Crippen LogP contribution in [0.15, 0.2) is 12.2 Å². The maximum Gasteiger partial charge on any atom is 0.410 e. The molecule has 4 aliphatic heterocycles. The fourth-order valence-electron chi connectivity index (χ4n) is 20.0. The number of ether oxygens (including phenoxy) is 1. The molecule has 11 rings (SSSR count). The first-order valence-electron chi connectivity index (χ1n) is 42.5. The minimum absolute atomic E-state index is 0. The van der Waals surface area contributed by atoms with Crippen LogP contribution in [-0.2, 0) is 4.74 Å². The van der Waals surface area contributed by atoms with Gasteiger partial charge < -0.3 is 14.5 Å². The van der Waals surface area contributed by atoms with E-state index in [2.05, 4.69) is 174 Å². The molecule has 6 atom stereocenters. The third kappa shape index (κ3) is 27.9. The lowest BCUT2D eigenvalue weighted by Gasteiger charge is -2.46. The smallest absolute Gasteiger partial charge is 0.410 e. The van der Waals surface area contributed by atoms with E-state index in [1.165, 1.54) is 64.2 Å². The van der Waals surface area contributed by atoms with Gasteiger partial charge in [-0.1, -0.05) is 200 Å². The highest BCUT2D eigenvalue weighted by Gasteiger charge is 2.57. The van der Waals surface area contributed by atoms with Crippen molar-refractivity contribution in [3.05, 3.63) is 12.2 Å². The number of hydrogen-bond donors (Lipinski definition) is 0. The summed E-state index contributed by atoms with van der Waals surface area (Å²) in [6.07, 6.45) is 36.9. The molecule has 4 heterocycles. The van der Waals surface area contributed by atoms with Crippen molar-refractivity contribution in [1.29, 1.82) is 0 Å². The molecule has 0 aromatic carbocycles. The number of rotatable bonds is 12. The predicted molar refractivity (Wildman–Crippen MR) is 426 cm³/mol. The van der Waals surface area contributed by atoms with E-state index in [0.717, 1.165) is 186 Å². The molecule has 5 heteroatoms. The summed E-state index contributed by atoms with van der Waals surface area (Å²) >= 11 is 0. The second-order valence-corrected chi connectivity index (χ2v) is 36.3. The first-order chi connectivity index (χ1) is 44.3. The lowest BCUT2D eigenvalue weighted by Crippen LogP contribution is -2.49. The number of likely N-dealkylation sites (tertiary alicyclic amines) is 1. The molecule has 1 amide bonds. The fourth-order valence-corrected chi connectivity index (χ4v) is 20.0. The van der Waals surface area contributed by atoms with Crippen LogP contribution in [0.2, 0.25) is 0 Å². The summed E-state index contributed by atoms with van der Waals surface area (Å²) in [5, 5.41) is 0. The average Bonchev–Trinajstić information content (AvgIpc) is 1.59. The summed E-state index contributed by atoms with van der Waals surface area (Å²) in [5.74, 6) is 21.7. The molecule has 11 aliphatic rings. The van der Waals surface area contributed by atoms with E-state index in [0.29, 0.717) is 6.04 Å². The number of allylic oxidation sites excluding steroid dienone is 2. The average molecular weight is 1340 g/mol. The molecule has 6 saturated carbocycles. The zero-order valence-electron chi connectivity index (χ0n) is 70.1. The van der Waals surface area contributed by atoms with Gasteiger partial charge in [0.25, 0.3) is 0 Å². The second-order valence-electron chi connectivity index (χ2n) is 36.3. The number of piperidine rings is 2. The van der Waals surface area contributed by atoms with Crippen molar-refractivity contribution in [2.24, 2.45) is 136 Å². The molecule has 10 fully saturated rings. The number of amides is 1. The van der Waals surface area contributed by atoms with Crippen molar-refractivity contribution in [3.8, 4) is 0 Å². The Bertz CT molecular complexity index is 1840. The van der Waals surface area contributed by atoms with Gasteiger partial charge in [-0.3, -0.25) is 4.90 Å². The molecule has 0 aromatic heterocycles. The summed E-state index contributed by atoms with van der Waals surface area (Å²) in [4.78, 5) is 18.9. The van der Waals surface area contributed by atoms with Gasteiger partial charge in [0.2, 0.25) is 0 Å². The van der Waals surface area contributed by atoms with Crippen molar-refractivity contribution in [2.75, 3.05) is 19.6 Å². The molecule has 0 aromatic rings. The fraction of sp³-hybridized carbons (Fsp3) is 0.967. The highest BCUT2D eigenvalue weighted by molar-refractivity contribution is 5.71. The molecule has 5 nitrogen and oxygen atoms in total. The molecule has 0 N–H and O–H groups in total. The van der Waals surface area contributed by atoms with Crippen molar-refractivity contribution >= 4 is 6.09 Å². The quantitative estimate of drug-likeness (QED) is 0.183. The van der Waals surface area contributed by atoms with Gasteiger partial charge >= 0.3 is 6.09 Å². The second kappa shape index (κ2) is 45.1. The largest absolute Gasteiger partial charge is 0.441 e. The van der Waals surface area contributed by atoms with E-state index >= 15 is 0 Å². The molecule has 2 bridgehead atoms. The molecule has 566 valence electrons. The summed E-state index contributed by atoms with van der Waals surface area (Å²) < 4.78 is 5.65. The zero-order chi connectivity index (χ0) is 71.7. The highest BCUT2D eigenvalue weighted by atomic mass is 16.6. The Morgan fingerprint density at radius 3 is 0.958 bits per heavy atom. The van der Waals surface area contributed by atoms with E-state index in [-0.39, 0.29) is 25.2 Å². The van der Waals surface area contributed by atoms with Gasteiger partial charge in [0.05, 0.1) is 6.54 Å². The molecular weight excluding hydrogens is 1160 g/mol. The maximum absolute atomic E-state index is 11.8. The number of carbonyl (C=O) groups excluding carboxylic acids is 1. The first-order valence-corrected chi connectivity index (χ1v) is 42.5. The predicted octanol–water partition coefficient (Wildman–Crippen LogP) is 27.6. The summed E-state index contributed by atoms with van der Waals surface area (Å²) in [6.45, 7) is 75.1. The summed E-state index contributed by atoms with van der Waals surface area (Å²) in [6, 6.07) is 3.43. The molecule has 95 heavy (non-hydrogen) atoms. The van der Waals surface area contributed by atoms with Crippen LogP contribution in [0.5, 0.6) is 0 Å². The van der Waals surface area contributed by atoms with E-state index in [9.17, 15) is 4.79 Å². The Labute approximate surface area is 600 Å². The summed E-state index contributed by atoms with van der Waals surface area (Å²) in [7, 11) is 0. The van der Waals surface area contributed by atoms with Gasteiger partial charge in [0, 0.05) is 56.1 Å². The van der Waals surface area contributed by atoms with E-state index in [1.54, 1.807) is 64.2 Å². The Morgan fingerprint density at radius 2 is 0.695 bits per heavy atom. The molecule has 6 unspecified atom stereocenters. The number of fused-ring (bicyclic) bond motifs is 4. The monoisotopic (exact) mass is 1330 g/mol. The SMILES string of the molecule is C.CC.CC.CC.CC.CC(C)C1C=CC(C(C)C)CC1.CC(C)C1CC2C(C1)C2C(C)C.CC(C)C1CC2CC(C(C)C)CC2C1.CC(C)C1CC2CCC(C1)N2C(C)C.CC(C)C1CCC2(CC1)CCC(C(C)C)CC2.CC(C)N1CCC2(CC1)CN(C(C)C)C(=O)O2. The molecular formula is C90H179N3O2. The topological polar surface area (TPSA) is 36.0 Å². The van der Waals surface area contributed by atoms with E-state index < -0.39 is 0 Å². The Balaban J connectivity index is 0.000000559. The Morgan fingerprint density at radius 1 is 0.368 bits per heavy atom. The lowest BCUT2D eigenvalue weighted by atomic mass is 9.59. The molecule has 0 radical (unpaired) electrons. The van der Waals surface area contributed by atoms with Gasteiger partial charge in [0.1, 0.15) is 5.60 Å². The van der Waals surface area contributed by atoms with Gasteiger partial charge in [-0.25, -0.2) is 4.79 Å². The molecule has 2 spiro atoms. The van der Waals surface area contributed by atoms with Crippen LogP contribution in [0.4, 0.5) is 4.79 Å². The van der Waals surface area contributed by atoms with Crippen molar-refractivity contribution in [1.82, 2.24) is 14.7 Å². The lowest BCUT2D eigenvalue weighted by molar-refractivity contribution is -0.00644. The molecule has 7 aliphatic carbocycles. The van der Waals surface area contributed by atoms with Gasteiger partial charge in [-0.15, -0.1) is 0 Å². The third-order valence-electron chi connectivity index (χ3n) is 26.9. The highest BCUT2D eigenvalue weighted by Crippen LogP contribution is 2.63. The number of nitrogens with zero attached hydrogens (tertiary/aromatic N) is 3. The van der Waals surface area contributed by atoms with Gasteiger partial charge in [-0.2, -0.15) is 0 Å². The minimum Gasteiger partial charge on any atom is -0.441 e. The van der Waals surface area contributed by atoms with Gasteiger partial charge in [-0.05, 0) is 306 Å². The van der Waals surface area contributed by atoms with Crippen LogP contribution in [0.25, 0.3) is 0 Å². The molecule has 4 saturated heterocycles. The zero-order valence-corrected chi connectivity index (χ0v) is 70.1. The minimum atomic E-state index is -0.202. The van der Waals surface area contributed by atoms with Crippen LogP contribution in [-0.4, -0.2) is 76.2 Å². The Hall–Kier alpha value is -1.07. The maximum atomic E-state index is 11.8. The van der Waals surface area contributed by atoms with E-state index in [1.807, 2.05) is 74.1 Å². The van der Waals surface area contributed by atoms with Crippen molar-refractivity contribution < 1.29 is 9.53 Å². The van der Waals surface area contributed by atoms with Crippen LogP contribution in [0.3, 0.4) is 0 Å². The third-order valence-corrected chi connectivity index (χ3v) is 26.9. The Kier molecular flexibility index (Phi) is 43.7.